The summed E-state index contributed by atoms with van der Waals surface area (Å²) in [6.45, 7) is 4.72. The first-order valence-electron chi connectivity index (χ1n) is 10.5. The largest absolute Gasteiger partial charge is 0.381 e. The molecule has 2 aromatic carbocycles. The van der Waals surface area contributed by atoms with Crippen molar-refractivity contribution >= 4 is 17.2 Å². The Morgan fingerprint density at radius 1 is 1.06 bits per heavy atom. The van der Waals surface area contributed by atoms with Crippen molar-refractivity contribution in [1.29, 1.82) is 0 Å². The highest BCUT2D eigenvalue weighted by atomic mass is 19.1. The molecular weight excluding hydrogens is 401 g/mol. The number of anilines is 2. The minimum Gasteiger partial charge on any atom is -0.381 e. The molecule has 0 amide bonds. The molecule has 4 N–H and O–H groups in total. The first-order valence-corrected chi connectivity index (χ1v) is 10.5. The molecule has 4 aromatic rings. The lowest BCUT2D eigenvalue weighted by Crippen LogP contribution is -2.36. The van der Waals surface area contributed by atoms with Crippen molar-refractivity contribution in [3.05, 3.63) is 115 Å². The van der Waals surface area contributed by atoms with Gasteiger partial charge < -0.3 is 20.9 Å². The van der Waals surface area contributed by atoms with Crippen molar-refractivity contribution in [3.8, 4) is 5.69 Å². The van der Waals surface area contributed by atoms with Crippen LogP contribution in [0.3, 0.4) is 0 Å². The van der Waals surface area contributed by atoms with Crippen LogP contribution in [0, 0.1) is 5.82 Å². The third kappa shape index (κ3) is 5.42. The van der Waals surface area contributed by atoms with Crippen LogP contribution in [0.5, 0.6) is 0 Å². The molecule has 0 spiro atoms. The lowest BCUT2D eigenvalue weighted by Gasteiger charge is -2.19. The topological polar surface area (TPSA) is 67.9 Å². The van der Waals surface area contributed by atoms with Crippen LogP contribution in [0.1, 0.15) is 11.1 Å². The number of halogens is 1. The van der Waals surface area contributed by atoms with Gasteiger partial charge in [-0.2, -0.15) is 0 Å². The van der Waals surface area contributed by atoms with Gasteiger partial charge in [0.15, 0.2) is 0 Å². The van der Waals surface area contributed by atoms with E-state index in [1.165, 1.54) is 17.7 Å². The summed E-state index contributed by atoms with van der Waals surface area (Å²) in [6, 6.07) is 22.4. The van der Waals surface area contributed by atoms with Crippen molar-refractivity contribution < 1.29 is 4.39 Å². The van der Waals surface area contributed by atoms with E-state index in [0.29, 0.717) is 12.4 Å². The van der Waals surface area contributed by atoms with E-state index in [-0.39, 0.29) is 11.9 Å². The Labute approximate surface area is 187 Å². The van der Waals surface area contributed by atoms with Gasteiger partial charge in [-0.1, -0.05) is 36.9 Å². The summed E-state index contributed by atoms with van der Waals surface area (Å²) in [6.07, 6.45) is 6.56. The predicted molar refractivity (Wildman–Crippen MR) is 128 cm³/mol. The van der Waals surface area contributed by atoms with Crippen LogP contribution in [0.15, 0.2) is 98.0 Å². The summed E-state index contributed by atoms with van der Waals surface area (Å²) in [5, 5.41) is 6.65. The molecule has 32 heavy (non-hydrogen) atoms. The molecular formula is C26H26FN5. The molecule has 1 unspecified atom stereocenters. The van der Waals surface area contributed by atoms with Crippen molar-refractivity contribution in [1.82, 2.24) is 14.9 Å². The minimum absolute atomic E-state index is 0.0979. The van der Waals surface area contributed by atoms with E-state index in [9.17, 15) is 4.39 Å². The van der Waals surface area contributed by atoms with Gasteiger partial charge in [0.25, 0.3) is 0 Å². The second kappa shape index (κ2) is 9.94. The lowest BCUT2D eigenvalue weighted by atomic mass is 10.1. The highest BCUT2D eigenvalue weighted by Gasteiger charge is 2.11. The second-order valence-corrected chi connectivity index (χ2v) is 7.58. The third-order valence-electron chi connectivity index (χ3n) is 5.19. The Hall–Kier alpha value is -3.90. The monoisotopic (exact) mass is 427 g/mol. The minimum atomic E-state index is -0.272. The van der Waals surface area contributed by atoms with Crippen LogP contribution in [0.2, 0.25) is 0 Å². The average molecular weight is 428 g/mol. The number of hydrogen-bond acceptors (Lipinski definition) is 4. The smallest absolute Gasteiger partial charge is 0.132 e. The average Bonchev–Trinajstić information content (AvgIpc) is 3.32. The van der Waals surface area contributed by atoms with E-state index in [2.05, 4.69) is 34.3 Å². The molecule has 0 fully saturated rings. The van der Waals surface area contributed by atoms with Gasteiger partial charge in [0.05, 0.1) is 5.69 Å². The van der Waals surface area contributed by atoms with Crippen LogP contribution in [-0.2, 0) is 6.42 Å². The zero-order valence-corrected chi connectivity index (χ0v) is 17.7. The van der Waals surface area contributed by atoms with Crippen molar-refractivity contribution in [2.75, 3.05) is 11.9 Å². The van der Waals surface area contributed by atoms with Gasteiger partial charge in [0.1, 0.15) is 11.6 Å². The lowest BCUT2D eigenvalue weighted by molar-refractivity contribution is 0.603. The standard InChI is InChI=1S/C26H26FN5/c1-19(30-24(17-28)15-20-5-3-2-4-6-20)21-12-14-32(18-21)25-11-13-29-26(16-25)31-23-9-7-22(27)8-10-23/h2-14,16,18,24,30H,1,15,17,28H2,(H,29,31). The molecule has 0 aliphatic rings. The number of nitrogens with zero attached hydrogens (tertiary/aromatic N) is 2. The van der Waals surface area contributed by atoms with Crippen molar-refractivity contribution in [2.45, 2.75) is 12.5 Å². The molecule has 162 valence electrons. The molecule has 2 heterocycles. The third-order valence-corrected chi connectivity index (χ3v) is 5.19. The molecule has 0 aliphatic carbocycles. The number of benzene rings is 2. The Bertz CT molecular complexity index is 1170. The Balaban J connectivity index is 1.43. The highest BCUT2D eigenvalue weighted by molar-refractivity contribution is 5.63. The number of pyridine rings is 1. The summed E-state index contributed by atoms with van der Waals surface area (Å²) >= 11 is 0. The van der Waals surface area contributed by atoms with Crippen molar-refractivity contribution in [3.63, 3.8) is 0 Å². The first-order chi connectivity index (χ1) is 15.6. The van der Waals surface area contributed by atoms with Crippen LogP contribution in [-0.4, -0.2) is 22.1 Å². The fourth-order valence-corrected chi connectivity index (χ4v) is 3.49. The normalized spacial score (nSPS) is 11.7. The maximum absolute atomic E-state index is 13.1. The van der Waals surface area contributed by atoms with Crippen LogP contribution in [0.4, 0.5) is 15.9 Å². The van der Waals surface area contributed by atoms with Crippen LogP contribution < -0.4 is 16.4 Å². The Morgan fingerprint density at radius 3 is 2.59 bits per heavy atom. The first kappa shape index (κ1) is 21.3. The maximum atomic E-state index is 13.1. The number of rotatable bonds is 9. The van der Waals surface area contributed by atoms with E-state index >= 15 is 0 Å². The predicted octanol–water partition coefficient (Wildman–Crippen LogP) is 4.89. The summed E-state index contributed by atoms with van der Waals surface area (Å²) in [5.74, 6) is 0.402. The van der Waals surface area contributed by atoms with Crippen LogP contribution >= 0.6 is 0 Å². The molecule has 5 nitrogen and oxygen atoms in total. The number of aromatic nitrogens is 2. The van der Waals surface area contributed by atoms with Gasteiger partial charge in [0.2, 0.25) is 0 Å². The Kier molecular flexibility index (Phi) is 6.63. The zero-order valence-electron chi connectivity index (χ0n) is 17.7. The van der Waals surface area contributed by atoms with Gasteiger partial charge >= 0.3 is 0 Å². The summed E-state index contributed by atoms with van der Waals surface area (Å²) in [7, 11) is 0. The van der Waals surface area contributed by atoms with E-state index < -0.39 is 0 Å². The summed E-state index contributed by atoms with van der Waals surface area (Å²) < 4.78 is 15.1. The molecule has 6 heteroatoms. The molecule has 0 radical (unpaired) electrons. The van der Waals surface area contributed by atoms with Gasteiger partial charge in [-0.05, 0) is 48.4 Å². The van der Waals surface area contributed by atoms with Crippen molar-refractivity contribution in [2.24, 2.45) is 5.73 Å². The van der Waals surface area contributed by atoms with E-state index in [1.54, 1.807) is 18.3 Å². The zero-order chi connectivity index (χ0) is 22.3. The van der Waals surface area contributed by atoms with E-state index in [1.807, 2.05) is 53.4 Å². The van der Waals surface area contributed by atoms with E-state index in [0.717, 1.165) is 29.1 Å². The number of hydrogen-bond donors (Lipinski definition) is 3. The SMILES string of the molecule is C=C(NC(CN)Cc1ccccc1)c1ccn(-c2ccnc(Nc3ccc(F)cc3)c2)c1. The second-order valence-electron chi connectivity index (χ2n) is 7.58. The molecule has 0 saturated carbocycles. The molecule has 2 aromatic heterocycles. The Morgan fingerprint density at radius 2 is 1.84 bits per heavy atom. The molecule has 0 saturated heterocycles. The maximum Gasteiger partial charge on any atom is 0.132 e. The summed E-state index contributed by atoms with van der Waals surface area (Å²) in [5.41, 5.74) is 10.8. The van der Waals surface area contributed by atoms with Gasteiger partial charge in [-0.3, -0.25) is 0 Å². The van der Waals surface area contributed by atoms with E-state index in [4.69, 9.17) is 5.73 Å². The molecule has 0 bridgehead atoms. The molecule has 1 atom stereocenters. The molecule has 0 aliphatic heterocycles. The van der Waals surface area contributed by atoms with Gasteiger partial charge in [-0.25, -0.2) is 9.37 Å². The number of nitrogens with two attached hydrogens (primary N) is 1. The number of nitrogens with one attached hydrogen (secondary N) is 2. The quantitative estimate of drug-likeness (QED) is 0.356. The van der Waals surface area contributed by atoms with Gasteiger partial charge in [0, 0.05) is 54.2 Å². The summed E-state index contributed by atoms with van der Waals surface area (Å²) in [4.78, 5) is 4.35. The fourth-order valence-electron chi connectivity index (χ4n) is 3.49. The fraction of sp³-hybridized carbons (Fsp3) is 0.115. The molecule has 4 rings (SSSR count). The van der Waals surface area contributed by atoms with Crippen LogP contribution in [0.25, 0.3) is 11.4 Å². The van der Waals surface area contributed by atoms with Gasteiger partial charge in [-0.15, -0.1) is 0 Å². The highest BCUT2D eigenvalue weighted by Crippen LogP contribution is 2.20.